The predicted octanol–water partition coefficient (Wildman–Crippen LogP) is 3.70. The lowest BCUT2D eigenvalue weighted by molar-refractivity contribution is -0.389. The Kier molecular flexibility index (Phi) is 7.00. The van der Waals surface area contributed by atoms with Gasteiger partial charge in [0.15, 0.2) is 0 Å². The van der Waals surface area contributed by atoms with Crippen LogP contribution in [0.25, 0.3) is 0 Å². The number of hydrogen-bond acceptors (Lipinski definition) is 9. The molecular weight excluding hydrogens is 519 g/mol. The largest absolute Gasteiger partial charge is 0.573 e. The maximum atomic E-state index is 12.5. The van der Waals surface area contributed by atoms with E-state index in [-0.39, 0.29) is 23.6 Å². The minimum Gasteiger partial charge on any atom is -0.444 e. The maximum absolute atomic E-state index is 12.5. The van der Waals surface area contributed by atoms with E-state index in [9.17, 15) is 28.5 Å². The van der Waals surface area contributed by atoms with Gasteiger partial charge in [0.25, 0.3) is 0 Å². The lowest BCUT2D eigenvalue weighted by Crippen LogP contribution is -2.42. The second-order valence-electron chi connectivity index (χ2n) is 9.46. The van der Waals surface area contributed by atoms with Crippen LogP contribution in [0.4, 0.5) is 24.8 Å². The fraction of sp³-hybridized carbons (Fsp3) is 0.400. The monoisotopic (exact) mass is 543 g/mol. The molecule has 0 aliphatic carbocycles. The number of hydrogen-bond donors (Lipinski definition) is 1. The Morgan fingerprint density at radius 2 is 1.97 bits per heavy atom. The molecule has 0 bridgehead atoms. The number of anilines is 1. The molecule has 2 aliphatic rings. The summed E-state index contributed by atoms with van der Waals surface area (Å²) in [4.78, 5) is 20.9. The Morgan fingerprint density at radius 3 is 2.59 bits per heavy atom. The van der Waals surface area contributed by atoms with Gasteiger partial charge in [-0.15, -0.1) is 13.2 Å². The first-order chi connectivity index (χ1) is 18.6. The summed E-state index contributed by atoms with van der Waals surface area (Å²) in [5.41, 5.74) is 0.817. The van der Waals surface area contributed by atoms with Gasteiger partial charge in [0, 0.05) is 37.4 Å². The summed E-state index contributed by atoms with van der Waals surface area (Å²) in [6.45, 7) is 2.49. The average Bonchev–Trinajstić information content (AvgIpc) is 3.36. The Labute approximate surface area is 220 Å². The van der Waals surface area contributed by atoms with Gasteiger partial charge in [0.1, 0.15) is 24.4 Å². The third-order valence-electron chi connectivity index (χ3n) is 6.94. The molecular formula is C25H24F3N7O4. The van der Waals surface area contributed by atoms with Crippen molar-refractivity contribution in [3.05, 3.63) is 70.0 Å². The second kappa shape index (κ2) is 10.4. The SMILES string of the molecule is N#CC1(c2ccc(OC(F)(F)F)cc2)CCN(c2ccc(CNC3COc4nc([N+](=O)[O-])cn4C3)cn2)CC1. The van der Waals surface area contributed by atoms with Crippen molar-refractivity contribution in [3.8, 4) is 17.8 Å². The van der Waals surface area contributed by atoms with Crippen LogP contribution in [0.15, 0.2) is 48.8 Å². The molecule has 39 heavy (non-hydrogen) atoms. The Hall–Kier alpha value is -4.38. The topological polar surface area (TPSA) is 131 Å². The number of alkyl halides is 3. The van der Waals surface area contributed by atoms with Crippen molar-refractivity contribution < 1.29 is 27.6 Å². The molecule has 2 aliphatic heterocycles. The molecule has 0 saturated carbocycles. The van der Waals surface area contributed by atoms with Crippen molar-refractivity contribution in [3.63, 3.8) is 0 Å². The number of ether oxygens (including phenoxy) is 2. The van der Waals surface area contributed by atoms with E-state index in [1.807, 2.05) is 12.1 Å². The van der Waals surface area contributed by atoms with Gasteiger partial charge in [-0.1, -0.05) is 18.2 Å². The van der Waals surface area contributed by atoms with Crippen LogP contribution in [0.1, 0.15) is 24.0 Å². The molecule has 2 aromatic heterocycles. The fourth-order valence-electron chi connectivity index (χ4n) is 4.84. The quantitative estimate of drug-likeness (QED) is 0.350. The normalized spacial score (nSPS) is 18.5. The number of pyridine rings is 1. The van der Waals surface area contributed by atoms with Crippen LogP contribution < -0.4 is 19.7 Å². The number of nitrogens with one attached hydrogen (secondary N) is 1. The number of halogens is 3. The highest BCUT2D eigenvalue weighted by atomic mass is 19.4. The van der Waals surface area contributed by atoms with Crippen molar-refractivity contribution >= 4 is 11.6 Å². The maximum Gasteiger partial charge on any atom is 0.573 e. The van der Waals surface area contributed by atoms with E-state index in [2.05, 4.69) is 31.0 Å². The first-order valence-corrected chi connectivity index (χ1v) is 12.2. The summed E-state index contributed by atoms with van der Waals surface area (Å²) < 4.78 is 48.4. The van der Waals surface area contributed by atoms with E-state index in [0.29, 0.717) is 51.2 Å². The molecule has 1 aromatic carbocycles. The van der Waals surface area contributed by atoms with Gasteiger partial charge in [-0.05, 0) is 47.1 Å². The minimum atomic E-state index is -4.77. The summed E-state index contributed by atoms with van der Waals surface area (Å²) >= 11 is 0. The highest BCUT2D eigenvalue weighted by molar-refractivity contribution is 5.44. The van der Waals surface area contributed by atoms with Gasteiger partial charge >= 0.3 is 18.2 Å². The lowest BCUT2D eigenvalue weighted by Gasteiger charge is -2.38. The third kappa shape index (κ3) is 5.88. The second-order valence-corrected chi connectivity index (χ2v) is 9.46. The molecule has 0 spiro atoms. The standard InChI is InChI=1S/C25H24F3N7O4/c26-25(27,28)39-20-4-2-18(3-5-20)24(16-29)7-9-33(10-8-24)21-6-1-17(12-31-21)11-30-19-13-34-14-22(35(36)37)32-23(34)38-15-19/h1-6,12,14,19,30H,7-11,13,15H2. The van der Waals surface area contributed by atoms with Gasteiger partial charge in [-0.3, -0.25) is 4.57 Å². The van der Waals surface area contributed by atoms with Gasteiger partial charge in [0.2, 0.25) is 0 Å². The summed E-state index contributed by atoms with van der Waals surface area (Å²) in [6.07, 6.45) is -0.631. The molecule has 3 aromatic rings. The molecule has 1 fully saturated rings. The number of nitriles is 1. The highest BCUT2D eigenvalue weighted by Crippen LogP contribution is 2.37. The fourth-order valence-corrected chi connectivity index (χ4v) is 4.84. The van der Waals surface area contributed by atoms with Crippen LogP contribution >= 0.6 is 0 Å². The van der Waals surface area contributed by atoms with Crippen molar-refractivity contribution in [1.29, 1.82) is 5.26 Å². The number of nitrogens with zero attached hydrogens (tertiary/aromatic N) is 6. The van der Waals surface area contributed by atoms with E-state index in [0.717, 1.165) is 11.4 Å². The lowest BCUT2D eigenvalue weighted by atomic mass is 9.74. The van der Waals surface area contributed by atoms with E-state index in [1.54, 1.807) is 10.8 Å². The Morgan fingerprint density at radius 1 is 1.23 bits per heavy atom. The number of benzene rings is 1. The molecule has 1 N–H and O–H groups in total. The third-order valence-corrected chi connectivity index (χ3v) is 6.94. The Bertz CT molecular complexity index is 1360. The molecule has 14 heteroatoms. The van der Waals surface area contributed by atoms with Crippen molar-refractivity contribution in [2.75, 3.05) is 24.6 Å². The van der Waals surface area contributed by atoms with E-state index >= 15 is 0 Å². The van der Waals surface area contributed by atoms with Gasteiger partial charge in [0.05, 0.1) is 17.5 Å². The number of fused-ring (bicyclic) bond motifs is 1. The molecule has 0 radical (unpaired) electrons. The van der Waals surface area contributed by atoms with Crippen LogP contribution in [0.3, 0.4) is 0 Å². The summed E-state index contributed by atoms with van der Waals surface area (Å²) in [6, 6.07) is 11.9. The number of imidazole rings is 1. The number of nitro groups is 1. The summed E-state index contributed by atoms with van der Waals surface area (Å²) in [5.74, 6) is 0.209. The van der Waals surface area contributed by atoms with Crippen LogP contribution in [-0.2, 0) is 18.5 Å². The summed E-state index contributed by atoms with van der Waals surface area (Å²) in [7, 11) is 0. The average molecular weight is 544 g/mol. The molecule has 4 heterocycles. The molecule has 204 valence electrons. The van der Waals surface area contributed by atoms with Crippen molar-refractivity contribution in [2.45, 2.75) is 43.8 Å². The van der Waals surface area contributed by atoms with Crippen LogP contribution in [0, 0.1) is 21.4 Å². The number of aromatic nitrogens is 3. The first-order valence-electron chi connectivity index (χ1n) is 12.2. The highest BCUT2D eigenvalue weighted by Gasteiger charge is 2.37. The zero-order valence-electron chi connectivity index (χ0n) is 20.6. The zero-order valence-corrected chi connectivity index (χ0v) is 20.6. The van der Waals surface area contributed by atoms with Crippen LogP contribution in [0.2, 0.25) is 0 Å². The molecule has 1 unspecified atom stereocenters. The van der Waals surface area contributed by atoms with Crippen molar-refractivity contribution in [1.82, 2.24) is 19.9 Å². The van der Waals surface area contributed by atoms with Gasteiger partial charge in [-0.25, -0.2) is 4.98 Å². The van der Waals surface area contributed by atoms with E-state index in [4.69, 9.17) is 4.74 Å². The van der Waals surface area contributed by atoms with Crippen molar-refractivity contribution in [2.24, 2.45) is 0 Å². The number of rotatable bonds is 7. The first kappa shape index (κ1) is 26.2. The molecule has 0 amide bonds. The van der Waals surface area contributed by atoms with Gasteiger partial charge < -0.3 is 29.8 Å². The van der Waals surface area contributed by atoms with E-state index in [1.165, 1.54) is 30.5 Å². The number of piperidine rings is 1. The summed E-state index contributed by atoms with van der Waals surface area (Å²) in [5, 5.41) is 24.2. The van der Waals surface area contributed by atoms with Crippen LogP contribution in [-0.4, -0.2) is 51.6 Å². The van der Waals surface area contributed by atoms with E-state index < -0.39 is 16.7 Å². The minimum absolute atomic E-state index is 0.0544. The van der Waals surface area contributed by atoms with Crippen LogP contribution in [0.5, 0.6) is 11.8 Å². The molecule has 1 atom stereocenters. The smallest absolute Gasteiger partial charge is 0.444 e. The molecule has 5 rings (SSSR count). The zero-order chi connectivity index (χ0) is 27.6. The predicted molar refractivity (Wildman–Crippen MR) is 131 cm³/mol. The van der Waals surface area contributed by atoms with Gasteiger partial charge in [-0.2, -0.15) is 5.26 Å². The molecule has 11 nitrogen and oxygen atoms in total. The molecule has 1 saturated heterocycles. The Balaban J connectivity index is 1.14.